The zero-order valence-corrected chi connectivity index (χ0v) is 17.8. The predicted molar refractivity (Wildman–Crippen MR) is 112 cm³/mol. The second-order valence-electron chi connectivity index (χ2n) is 8.72. The van der Waals surface area contributed by atoms with Gasteiger partial charge in [0.25, 0.3) is 5.56 Å². The average Bonchev–Trinajstić information content (AvgIpc) is 2.76. The Bertz CT molecular complexity index is 1120. The van der Waals surface area contributed by atoms with Crippen molar-refractivity contribution in [1.29, 1.82) is 0 Å². The molecule has 0 radical (unpaired) electrons. The number of nitrogens with zero attached hydrogens (tertiary/aromatic N) is 4. The summed E-state index contributed by atoms with van der Waals surface area (Å²) in [5, 5.41) is -0.552. The molecule has 1 fully saturated rings. The number of hydrogen-bond donors (Lipinski definition) is 0. The molecule has 0 aromatic carbocycles. The molecule has 31 heavy (non-hydrogen) atoms. The number of allylic oxidation sites excluding steroid dienone is 2. The smallest absolute Gasteiger partial charge is 0.303 e. The first-order valence-electron chi connectivity index (χ1n) is 10.7. The highest BCUT2D eigenvalue weighted by Gasteiger charge is 2.37. The molecular formula is C22H27F3N4O2. The average molecular weight is 436 g/mol. The standard InChI is InChI=1S/C22H27F3N4O2/c1-27-19-18(20(30)28(2)21(27)31)16(22(23,24)25)12-17(26-19)15-8-10-29(11-9-15)13-14-6-4-3-5-7-14/h3-4,12,14-15H,5-11,13H2,1-2H3/t14-/m1/s1. The molecule has 0 unspecified atom stereocenters. The lowest BCUT2D eigenvalue weighted by molar-refractivity contribution is -0.136. The molecule has 2 aromatic rings. The molecule has 0 N–H and O–H groups in total. The minimum atomic E-state index is -4.71. The van der Waals surface area contributed by atoms with Gasteiger partial charge in [-0.15, -0.1) is 0 Å². The third-order valence-corrected chi connectivity index (χ3v) is 6.64. The molecule has 0 spiro atoms. The zero-order valence-electron chi connectivity index (χ0n) is 17.8. The van der Waals surface area contributed by atoms with Gasteiger partial charge in [-0.3, -0.25) is 13.9 Å². The van der Waals surface area contributed by atoms with Crippen molar-refractivity contribution in [2.45, 2.75) is 44.2 Å². The van der Waals surface area contributed by atoms with Gasteiger partial charge in [0.2, 0.25) is 0 Å². The summed E-state index contributed by atoms with van der Waals surface area (Å²) in [6, 6.07) is 1.01. The molecule has 1 saturated heterocycles. The highest BCUT2D eigenvalue weighted by atomic mass is 19.4. The van der Waals surface area contributed by atoms with Crippen LogP contribution in [0.25, 0.3) is 11.0 Å². The van der Waals surface area contributed by atoms with E-state index in [-0.39, 0.29) is 11.6 Å². The van der Waals surface area contributed by atoms with E-state index in [2.05, 4.69) is 22.0 Å². The number of alkyl halides is 3. The van der Waals surface area contributed by atoms with Crippen molar-refractivity contribution in [3.63, 3.8) is 0 Å². The fourth-order valence-electron chi connectivity index (χ4n) is 4.81. The van der Waals surface area contributed by atoms with Crippen LogP contribution in [0.2, 0.25) is 0 Å². The lowest BCUT2D eigenvalue weighted by Crippen LogP contribution is -2.39. The SMILES string of the molecule is Cn1c(=O)c2c(C(F)(F)F)cc(C3CCN(C[C@@H]4CC=CCC4)CC3)nc2n(C)c1=O. The molecule has 168 valence electrons. The van der Waals surface area contributed by atoms with E-state index in [0.29, 0.717) is 29.0 Å². The van der Waals surface area contributed by atoms with E-state index in [1.807, 2.05) is 0 Å². The molecule has 2 aliphatic rings. The zero-order chi connectivity index (χ0) is 22.3. The van der Waals surface area contributed by atoms with Crippen LogP contribution in [0.1, 0.15) is 49.3 Å². The minimum Gasteiger partial charge on any atom is -0.303 e. The normalized spacial score (nSPS) is 21.1. The van der Waals surface area contributed by atoms with Crippen LogP contribution in [0.3, 0.4) is 0 Å². The molecule has 4 rings (SSSR count). The van der Waals surface area contributed by atoms with E-state index in [4.69, 9.17) is 0 Å². The topological polar surface area (TPSA) is 60.1 Å². The van der Waals surface area contributed by atoms with Gasteiger partial charge in [0.1, 0.15) is 5.65 Å². The van der Waals surface area contributed by atoms with Crippen molar-refractivity contribution in [3.05, 3.63) is 50.3 Å². The fourth-order valence-corrected chi connectivity index (χ4v) is 4.81. The summed E-state index contributed by atoms with van der Waals surface area (Å²) in [4.78, 5) is 31.5. The van der Waals surface area contributed by atoms with Crippen LogP contribution in [-0.2, 0) is 20.3 Å². The minimum absolute atomic E-state index is 0.132. The number of likely N-dealkylation sites (tertiary alicyclic amines) is 1. The van der Waals surface area contributed by atoms with Gasteiger partial charge in [0, 0.05) is 32.3 Å². The summed E-state index contributed by atoms with van der Waals surface area (Å²) in [6.45, 7) is 2.63. The van der Waals surface area contributed by atoms with Crippen LogP contribution < -0.4 is 11.2 Å². The maximum absolute atomic E-state index is 13.9. The van der Waals surface area contributed by atoms with Gasteiger partial charge in [0.05, 0.1) is 10.9 Å². The highest BCUT2D eigenvalue weighted by Crippen LogP contribution is 2.36. The molecule has 3 heterocycles. The van der Waals surface area contributed by atoms with Gasteiger partial charge in [-0.25, -0.2) is 9.78 Å². The van der Waals surface area contributed by atoms with E-state index < -0.39 is 28.4 Å². The van der Waals surface area contributed by atoms with Crippen LogP contribution in [0.4, 0.5) is 13.2 Å². The Morgan fingerprint density at radius 1 is 1.06 bits per heavy atom. The van der Waals surface area contributed by atoms with Gasteiger partial charge < -0.3 is 4.90 Å². The van der Waals surface area contributed by atoms with Gasteiger partial charge in [-0.1, -0.05) is 12.2 Å². The summed E-state index contributed by atoms with van der Waals surface area (Å²) in [6.07, 6.45) is 4.52. The molecule has 1 atom stereocenters. The Kier molecular flexibility index (Phi) is 5.81. The third kappa shape index (κ3) is 4.20. The second-order valence-corrected chi connectivity index (χ2v) is 8.72. The third-order valence-electron chi connectivity index (χ3n) is 6.64. The second kappa shape index (κ2) is 8.26. The highest BCUT2D eigenvalue weighted by molar-refractivity contribution is 5.79. The van der Waals surface area contributed by atoms with Crippen molar-refractivity contribution >= 4 is 11.0 Å². The number of aromatic nitrogens is 3. The first-order chi connectivity index (χ1) is 14.7. The van der Waals surface area contributed by atoms with Crippen molar-refractivity contribution < 1.29 is 13.2 Å². The lowest BCUT2D eigenvalue weighted by atomic mass is 9.89. The number of hydrogen-bond acceptors (Lipinski definition) is 4. The maximum Gasteiger partial charge on any atom is 0.417 e. The van der Waals surface area contributed by atoms with Crippen molar-refractivity contribution in [1.82, 2.24) is 19.0 Å². The predicted octanol–water partition coefficient (Wildman–Crippen LogP) is 3.19. The number of pyridine rings is 1. The summed E-state index contributed by atoms with van der Waals surface area (Å²) in [7, 11) is 2.53. The van der Waals surface area contributed by atoms with E-state index in [9.17, 15) is 22.8 Å². The van der Waals surface area contributed by atoms with Crippen molar-refractivity contribution in [3.8, 4) is 0 Å². The number of aryl methyl sites for hydroxylation is 1. The summed E-state index contributed by atoms with van der Waals surface area (Å²) in [5.74, 6) is 0.509. The Morgan fingerprint density at radius 2 is 1.77 bits per heavy atom. The Balaban J connectivity index is 1.65. The molecule has 0 amide bonds. The molecule has 1 aliphatic heterocycles. The molecule has 2 aromatic heterocycles. The molecule has 0 bridgehead atoms. The number of fused-ring (bicyclic) bond motifs is 1. The van der Waals surface area contributed by atoms with Gasteiger partial charge >= 0.3 is 11.9 Å². The summed E-state index contributed by atoms with van der Waals surface area (Å²) >= 11 is 0. The van der Waals surface area contributed by atoms with E-state index in [0.717, 1.165) is 43.1 Å². The van der Waals surface area contributed by atoms with Crippen LogP contribution in [0.15, 0.2) is 27.8 Å². The molecule has 1 aliphatic carbocycles. The molecule has 6 nitrogen and oxygen atoms in total. The fraction of sp³-hybridized carbons (Fsp3) is 0.591. The Morgan fingerprint density at radius 3 is 2.39 bits per heavy atom. The van der Waals surface area contributed by atoms with Crippen molar-refractivity contribution in [2.24, 2.45) is 20.0 Å². The van der Waals surface area contributed by atoms with E-state index in [1.54, 1.807) is 0 Å². The van der Waals surface area contributed by atoms with E-state index >= 15 is 0 Å². The monoisotopic (exact) mass is 436 g/mol. The quantitative estimate of drug-likeness (QED) is 0.694. The Hall–Kier alpha value is -2.42. The molecule has 9 heteroatoms. The van der Waals surface area contributed by atoms with Gasteiger partial charge in [-0.2, -0.15) is 13.2 Å². The molecular weight excluding hydrogens is 409 g/mol. The van der Waals surface area contributed by atoms with Gasteiger partial charge in [-0.05, 0) is 57.2 Å². The maximum atomic E-state index is 13.9. The summed E-state index contributed by atoms with van der Waals surface area (Å²) in [5.41, 5.74) is -2.56. The number of piperidine rings is 1. The van der Waals surface area contributed by atoms with E-state index in [1.165, 1.54) is 20.5 Å². The first kappa shape index (κ1) is 21.8. The lowest BCUT2D eigenvalue weighted by Gasteiger charge is -2.34. The van der Waals surface area contributed by atoms with Crippen LogP contribution in [-0.4, -0.2) is 38.7 Å². The number of rotatable bonds is 3. The van der Waals surface area contributed by atoms with Crippen molar-refractivity contribution in [2.75, 3.05) is 19.6 Å². The number of halogens is 3. The van der Waals surface area contributed by atoms with Crippen LogP contribution in [0.5, 0.6) is 0 Å². The van der Waals surface area contributed by atoms with Crippen LogP contribution in [0, 0.1) is 5.92 Å². The van der Waals surface area contributed by atoms with Crippen LogP contribution >= 0.6 is 0 Å². The summed E-state index contributed by atoms with van der Waals surface area (Å²) < 4.78 is 43.3. The van der Waals surface area contributed by atoms with Gasteiger partial charge in [0.15, 0.2) is 0 Å². The Labute approximate surface area is 178 Å². The largest absolute Gasteiger partial charge is 0.417 e. The first-order valence-corrected chi connectivity index (χ1v) is 10.7. The molecule has 0 saturated carbocycles.